The highest BCUT2D eigenvalue weighted by molar-refractivity contribution is 6.05. The number of furan rings is 1. The minimum absolute atomic E-state index is 0.224. The molecule has 1 heterocycles. The topological polar surface area (TPSA) is 80.6 Å². The zero-order valence-corrected chi connectivity index (χ0v) is 15.9. The lowest BCUT2D eigenvalue weighted by molar-refractivity contribution is 0.0995. The number of anilines is 2. The molecule has 4 rings (SSSR count). The van der Waals surface area contributed by atoms with Gasteiger partial charge in [-0.15, -0.1) is 0 Å². The molecule has 2 aromatic carbocycles. The van der Waals surface area contributed by atoms with Crippen LogP contribution in [0.3, 0.4) is 0 Å². The predicted molar refractivity (Wildman–Crippen MR) is 110 cm³/mol. The van der Waals surface area contributed by atoms with E-state index in [1.165, 1.54) is 19.1 Å². The van der Waals surface area contributed by atoms with Crippen molar-refractivity contribution in [3.8, 4) is 5.75 Å². The number of ether oxygens (including phenoxy) is 1. The molecule has 0 bridgehead atoms. The maximum Gasteiger partial charge on any atom is 0.291 e. The lowest BCUT2D eigenvalue weighted by atomic mass is 10.2. The van der Waals surface area contributed by atoms with Gasteiger partial charge in [-0.1, -0.05) is 0 Å². The molecule has 0 spiro atoms. The van der Waals surface area contributed by atoms with Crippen molar-refractivity contribution in [2.75, 3.05) is 10.6 Å². The Bertz CT molecular complexity index is 957. The fourth-order valence-electron chi connectivity index (χ4n) is 3.32. The Morgan fingerprint density at radius 2 is 1.45 bits per heavy atom. The van der Waals surface area contributed by atoms with Gasteiger partial charge in [0.05, 0.1) is 12.4 Å². The van der Waals surface area contributed by atoms with Crippen LogP contribution in [0.25, 0.3) is 0 Å². The van der Waals surface area contributed by atoms with Gasteiger partial charge in [0.1, 0.15) is 5.75 Å². The fraction of sp³-hybridized carbons (Fsp3) is 0.217. The van der Waals surface area contributed by atoms with Crippen LogP contribution in [0.2, 0.25) is 0 Å². The van der Waals surface area contributed by atoms with Crippen molar-refractivity contribution >= 4 is 23.2 Å². The molecule has 3 aromatic rings. The zero-order chi connectivity index (χ0) is 20.1. The number of carbonyl (C=O) groups excluding carboxylic acids is 2. The van der Waals surface area contributed by atoms with E-state index in [1.54, 1.807) is 36.4 Å². The van der Waals surface area contributed by atoms with Crippen LogP contribution in [0.4, 0.5) is 11.4 Å². The van der Waals surface area contributed by atoms with E-state index in [9.17, 15) is 9.59 Å². The first kappa shape index (κ1) is 18.8. The van der Waals surface area contributed by atoms with Crippen molar-refractivity contribution in [2.45, 2.75) is 31.8 Å². The van der Waals surface area contributed by atoms with Crippen molar-refractivity contribution in [1.82, 2.24) is 0 Å². The second-order valence-electron chi connectivity index (χ2n) is 7.01. The summed E-state index contributed by atoms with van der Waals surface area (Å²) in [6.07, 6.45) is 6.42. The van der Waals surface area contributed by atoms with E-state index in [2.05, 4.69) is 10.6 Å². The van der Waals surface area contributed by atoms with Gasteiger partial charge in [0.25, 0.3) is 11.8 Å². The monoisotopic (exact) mass is 390 g/mol. The highest BCUT2D eigenvalue weighted by atomic mass is 16.5. The highest BCUT2D eigenvalue weighted by Crippen LogP contribution is 2.25. The first-order valence-electron chi connectivity index (χ1n) is 9.70. The summed E-state index contributed by atoms with van der Waals surface area (Å²) in [4.78, 5) is 24.4. The Hall–Kier alpha value is -3.54. The maximum atomic E-state index is 12.5. The summed E-state index contributed by atoms with van der Waals surface area (Å²) in [6, 6.07) is 17.3. The standard InChI is InChI=1S/C23H22N2O4/c26-22(24-18-11-13-20(14-12-18)29-19-4-1-2-5-19)16-7-9-17(10-8-16)25-23(27)21-6-3-15-28-21/h3,6-15,19H,1-2,4-5H2,(H,24,26)(H,25,27). The zero-order valence-electron chi connectivity index (χ0n) is 15.9. The molecule has 2 amide bonds. The molecule has 29 heavy (non-hydrogen) atoms. The van der Waals surface area contributed by atoms with Gasteiger partial charge in [-0.3, -0.25) is 9.59 Å². The molecule has 1 aliphatic rings. The Balaban J connectivity index is 1.32. The molecule has 1 aliphatic carbocycles. The number of hydrogen-bond acceptors (Lipinski definition) is 4. The lowest BCUT2D eigenvalue weighted by Gasteiger charge is -2.13. The molecule has 1 saturated carbocycles. The van der Waals surface area contributed by atoms with E-state index in [-0.39, 0.29) is 17.6 Å². The number of hydrogen-bond donors (Lipinski definition) is 2. The summed E-state index contributed by atoms with van der Waals surface area (Å²) in [6.45, 7) is 0. The first-order valence-corrected chi connectivity index (χ1v) is 9.70. The van der Waals surface area contributed by atoms with Gasteiger partial charge in [-0.25, -0.2) is 0 Å². The predicted octanol–water partition coefficient (Wildman–Crippen LogP) is 5.11. The van der Waals surface area contributed by atoms with Crippen LogP contribution in [0.1, 0.15) is 46.6 Å². The molecule has 0 aliphatic heterocycles. The third kappa shape index (κ3) is 4.85. The largest absolute Gasteiger partial charge is 0.490 e. The van der Waals surface area contributed by atoms with Crippen LogP contribution < -0.4 is 15.4 Å². The third-order valence-corrected chi connectivity index (χ3v) is 4.87. The Morgan fingerprint density at radius 3 is 2.07 bits per heavy atom. The first-order chi connectivity index (χ1) is 14.2. The average molecular weight is 390 g/mol. The molecule has 1 aromatic heterocycles. The smallest absolute Gasteiger partial charge is 0.291 e. The van der Waals surface area contributed by atoms with E-state index < -0.39 is 0 Å². The van der Waals surface area contributed by atoms with E-state index in [0.29, 0.717) is 23.0 Å². The highest BCUT2D eigenvalue weighted by Gasteiger charge is 2.16. The minimum Gasteiger partial charge on any atom is -0.490 e. The second kappa shape index (κ2) is 8.65. The molecule has 2 N–H and O–H groups in total. The van der Waals surface area contributed by atoms with Gasteiger partial charge in [-0.05, 0) is 86.3 Å². The molecule has 148 valence electrons. The molecule has 0 atom stereocenters. The van der Waals surface area contributed by atoms with Crippen LogP contribution in [-0.4, -0.2) is 17.9 Å². The number of rotatable bonds is 6. The summed E-state index contributed by atoms with van der Waals surface area (Å²) in [5.41, 5.74) is 1.77. The SMILES string of the molecule is O=C(Nc1ccc(OC2CCCC2)cc1)c1ccc(NC(=O)c2ccco2)cc1. The summed E-state index contributed by atoms with van der Waals surface area (Å²) in [7, 11) is 0. The fourth-order valence-corrected chi connectivity index (χ4v) is 3.32. The van der Waals surface area contributed by atoms with E-state index in [4.69, 9.17) is 9.15 Å². The molecule has 6 heteroatoms. The van der Waals surface area contributed by atoms with E-state index in [0.717, 1.165) is 18.6 Å². The molecular weight excluding hydrogens is 368 g/mol. The summed E-state index contributed by atoms with van der Waals surface area (Å²) in [5, 5.41) is 5.58. The van der Waals surface area contributed by atoms with Crippen LogP contribution in [0, 0.1) is 0 Å². The normalized spacial score (nSPS) is 13.8. The Labute approximate surface area is 168 Å². The third-order valence-electron chi connectivity index (χ3n) is 4.87. The van der Waals surface area contributed by atoms with Gasteiger partial charge >= 0.3 is 0 Å². The molecule has 0 unspecified atom stereocenters. The summed E-state index contributed by atoms with van der Waals surface area (Å²) in [5.74, 6) is 0.490. The van der Waals surface area contributed by atoms with Crippen LogP contribution in [0.15, 0.2) is 71.3 Å². The number of amides is 2. The molecule has 6 nitrogen and oxygen atoms in total. The van der Waals surface area contributed by atoms with Gasteiger partial charge in [0.2, 0.25) is 0 Å². The number of carbonyl (C=O) groups is 2. The van der Waals surface area contributed by atoms with Crippen molar-refractivity contribution < 1.29 is 18.7 Å². The van der Waals surface area contributed by atoms with Gasteiger partial charge in [0.15, 0.2) is 5.76 Å². The van der Waals surface area contributed by atoms with E-state index in [1.807, 2.05) is 24.3 Å². The van der Waals surface area contributed by atoms with E-state index >= 15 is 0 Å². The second-order valence-corrected chi connectivity index (χ2v) is 7.01. The number of nitrogens with one attached hydrogen (secondary N) is 2. The van der Waals surface area contributed by atoms with Gasteiger partial charge in [-0.2, -0.15) is 0 Å². The maximum absolute atomic E-state index is 12.5. The van der Waals surface area contributed by atoms with Crippen LogP contribution in [-0.2, 0) is 0 Å². The Kier molecular flexibility index (Phi) is 5.61. The quantitative estimate of drug-likeness (QED) is 0.613. The summed E-state index contributed by atoms with van der Waals surface area (Å²) < 4.78 is 11.0. The van der Waals surface area contributed by atoms with Crippen molar-refractivity contribution in [3.63, 3.8) is 0 Å². The summed E-state index contributed by atoms with van der Waals surface area (Å²) >= 11 is 0. The van der Waals surface area contributed by atoms with Crippen LogP contribution in [0.5, 0.6) is 5.75 Å². The molecule has 0 radical (unpaired) electrons. The van der Waals surface area contributed by atoms with Crippen molar-refractivity contribution in [3.05, 3.63) is 78.3 Å². The van der Waals surface area contributed by atoms with Crippen molar-refractivity contribution in [2.24, 2.45) is 0 Å². The Morgan fingerprint density at radius 1 is 0.828 bits per heavy atom. The van der Waals surface area contributed by atoms with Gasteiger partial charge in [0, 0.05) is 16.9 Å². The van der Waals surface area contributed by atoms with Gasteiger partial charge < -0.3 is 19.8 Å². The lowest BCUT2D eigenvalue weighted by Crippen LogP contribution is -2.13. The molecular formula is C23H22N2O4. The molecule has 1 fully saturated rings. The van der Waals surface area contributed by atoms with Crippen molar-refractivity contribution in [1.29, 1.82) is 0 Å². The van der Waals surface area contributed by atoms with Crippen LogP contribution >= 0.6 is 0 Å². The molecule has 0 saturated heterocycles. The minimum atomic E-state index is -0.341. The average Bonchev–Trinajstić information content (AvgIpc) is 3.44. The number of benzene rings is 2.